The van der Waals surface area contributed by atoms with Gasteiger partial charge in [-0.25, -0.2) is 0 Å². The molecule has 0 aromatic carbocycles. The van der Waals surface area contributed by atoms with E-state index in [-0.39, 0.29) is 5.92 Å². The van der Waals surface area contributed by atoms with E-state index in [4.69, 9.17) is 5.73 Å². The molecule has 0 spiro atoms. The van der Waals surface area contributed by atoms with E-state index in [1.54, 1.807) is 0 Å². The highest BCUT2D eigenvalue weighted by molar-refractivity contribution is 4.79. The maximum Gasteiger partial charge on any atom is 0.390 e. The maximum atomic E-state index is 11.9. The molecule has 1 saturated carbocycles. The van der Waals surface area contributed by atoms with Crippen molar-refractivity contribution in [1.29, 1.82) is 0 Å². The van der Waals surface area contributed by atoms with E-state index in [0.29, 0.717) is 0 Å². The maximum absolute atomic E-state index is 11.9. The minimum Gasteiger partial charge on any atom is -0.327 e. The molecule has 0 aliphatic heterocycles. The molecule has 1 nitrogen and oxygen atoms in total. The molecule has 0 heterocycles. The fourth-order valence-electron chi connectivity index (χ4n) is 1.82. The summed E-state index contributed by atoms with van der Waals surface area (Å²) in [4.78, 5) is 0. The highest BCUT2D eigenvalue weighted by atomic mass is 19.4. The van der Waals surface area contributed by atoms with E-state index >= 15 is 0 Å². The lowest BCUT2D eigenvalue weighted by Gasteiger charge is -2.19. The molecule has 0 amide bonds. The molecule has 1 atom stereocenters. The molecular weight excluding hydrogens is 167 g/mol. The smallest absolute Gasteiger partial charge is 0.327 e. The Hall–Kier alpha value is -0.250. The van der Waals surface area contributed by atoms with Crippen LogP contribution in [-0.2, 0) is 0 Å². The number of hydrogen-bond donors (Lipinski definition) is 1. The van der Waals surface area contributed by atoms with Gasteiger partial charge in [-0.3, -0.25) is 0 Å². The molecule has 0 bridgehead atoms. The Morgan fingerprint density at radius 1 is 1.25 bits per heavy atom. The molecule has 0 saturated heterocycles. The third kappa shape index (κ3) is 3.01. The lowest BCUT2D eigenvalue weighted by Crippen LogP contribution is -2.33. The highest BCUT2D eigenvalue weighted by Crippen LogP contribution is 2.32. The zero-order valence-corrected chi connectivity index (χ0v) is 6.90. The summed E-state index contributed by atoms with van der Waals surface area (Å²) in [6, 6.07) is -0.674. The van der Waals surface area contributed by atoms with E-state index < -0.39 is 18.6 Å². The Balaban J connectivity index is 2.31. The van der Waals surface area contributed by atoms with Crippen LogP contribution < -0.4 is 5.73 Å². The van der Waals surface area contributed by atoms with Crippen LogP contribution in [0, 0.1) is 5.92 Å². The molecule has 0 aromatic heterocycles. The first-order chi connectivity index (χ1) is 5.49. The minimum atomic E-state index is -4.10. The van der Waals surface area contributed by atoms with Gasteiger partial charge in [0.2, 0.25) is 0 Å². The summed E-state index contributed by atoms with van der Waals surface area (Å²) in [5, 5.41) is 0. The van der Waals surface area contributed by atoms with Crippen molar-refractivity contribution in [3.8, 4) is 0 Å². The van der Waals surface area contributed by atoms with E-state index in [0.717, 1.165) is 25.7 Å². The molecule has 0 radical (unpaired) electrons. The van der Waals surface area contributed by atoms with Gasteiger partial charge in [0.05, 0.1) is 6.42 Å². The second-order valence-corrected chi connectivity index (χ2v) is 3.53. The standard InChI is InChI=1S/C8H14F3N/c9-8(10,11)5-7(12)6-3-1-2-4-6/h6-7H,1-5,12H2. The van der Waals surface area contributed by atoms with Crippen LogP contribution in [0.15, 0.2) is 0 Å². The van der Waals surface area contributed by atoms with E-state index in [2.05, 4.69) is 0 Å². The Morgan fingerprint density at radius 3 is 2.17 bits per heavy atom. The van der Waals surface area contributed by atoms with Crippen LogP contribution in [0.5, 0.6) is 0 Å². The van der Waals surface area contributed by atoms with Crippen molar-refractivity contribution < 1.29 is 13.2 Å². The van der Waals surface area contributed by atoms with E-state index in [9.17, 15) is 13.2 Å². The summed E-state index contributed by atoms with van der Waals surface area (Å²) >= 11 is 0. The fourth-order valence-corrected chi connectivity index (χ4v) is 1.82. The van der Waals surface area contributed by atoms with Gasteiger partial charge in [-0.1, -0.05) is 12.8 Å². The summed E-state index contributed by atoms with van der Waals surface area (Å²) in [6.07, 6.45) is -1.10. The molecule has 72 valence electrons. The topological polar surface area (TPSA) is 26.0 Å². The molecule has 1 unspecified atom stereocenters. The number of nitrogens with two attached hydrogens (primary N) is 1. The summed E-state index contributed by atoms with van der Waals surface area (Å²) in [5.74, 6) is 0.103. The molecule has 12 heavy (non-hydrogen) atoms. The van der Waals surface area contributed by atoms with E-state index in [1.165, 1.54) is 0 Å². The first-order valence-electron chi connectivity index (χ1n) is 4.31. The summed E-state index contributed by atoms with van der Waals surface area (Å²) in [6.45, 7) is 0. The quantitative estimate of drug-likeness (QED) is 0.695. The van der Waals surface area contributed by atoms with Crippen LogP contribution in [0.2, 0.25) is 0 Å². The van der Waals surface area contributed by atoms with Crippen LogP contribution in [-0.4, -0.2) is 12.2 Å². The Morgan fingerprint density at radius 2 is 1.75 bits per heavy atom. The predicted octanol–water partition coefficient (Wildman–Crippen LogP) is 2.46. The van der Waals surface area contributed by atoms with Crippen molar-refractivity contribution in [1.82, 2.24) is 0 Å². The van der Waals surface area contributed by atoms with Gasteiger partial charge in [0, 0.05) is 6.04 Å². The largest absolute Gasteiger partial charge is 0.390 e. The first-order valence-corrected chi connectivity index (χ1v) is 4.31. The van der Waals surface area contributed by atoms with Crippen LogP contribution in [0.4, 0.5) is 13.2 Å². The van der Waals surface area contributed by atoms with Crippen molar-refractivity contribution >= 4 is 0 Å². The summed E-state index contributed by atoms with van der Waals surface area (Å²) < 4.78 is 35.6. The number of rotatable bonds is 2. The second-order valence-electron chi connectivity index (χ2n) is 3.53. The molecule has 4 heteroatoms. The number of hydrogen-bond acceptors (Lipinski definition) is 1. The van der Waals surface area contributed by atoms with Gasteiger partial charge in [0.25, 0.3) is 0 Å². The van der Waals surface area contributed by atoms with Gasteiger partial charge in [-0.15, -0.1) is 0 Å². The Labute approximate surface area is 70.1 Å². The van der Waals surface area contributed by atoms with Crippen molar-refractivity contribution in [3.05, 3.63) is 0 Å². The lowest BCUT2D eigenvalue weighted by atomic mass is 9.96. The molecule has 1 fully saturated rings. The lowest BCUT2D eigenvalue weighted by molar-refractivity contribution is -0.140. The van der Waals surface area contributed by atoms with E-state index in [1.807, 2.05) is 0 Å². The monoisotopic (exact) mass is 181 g/mol. The average molecular weight is 181 g/mol. The summed E-state index contributed by atoms with van der Waals surface area (Å²) in [7, 11) is 0. The minimum absolute atomic E-state index is 0.103. The molecule has 2 N–H and O–H groups in total. The van der Waals surface area contributed by atoms with Gasteiger partial charge in [0.1, 0.15) is 0 Å². The molecule has 1 aliphatic rings. The van der Waals surface area contributed by atoms with Crippen molar-refractivity contribution in [3.63, 3.8) is 0 Å². The third-order valence-corrected chi connectivity index (χ3v) is 2.47. The Bertz CT molecular complexity index is 138. The van der Waals surface area contributed by atoms with Crippen LogP contribution in [0.1, 0.15) is 32.1 Å². The number of alkyl halides is 3. The fraction of sp³-hybridized carbons (Fsp3) is 1.00. The number of halogens is 3. The van der Waals surface area contributed by atoms with Crippen molar-refractivity contribution in [2.45, 2.75) is 44.3 Å². The van der Waals surface area contributed by atoms with Crippen LogP contribution in [0.3, 0.4) is 0 Å². The third-order valence-electron chi connectivity index (χ3n) is 2.47. The molecule has 0 aromatic rings. The zero-order chi connectivity index (χ0) is 9.19. The predicted molar refractivity (Wildman–Crippen MR) is 40.6 cm³/mol. The van der Waals surface area contributed by atoms with Gasteiger partial charge in [-0.2, -0.15) is 13.2 Å². The van der Waals surface area contributed by atoms with Crippen LogP contribution >= 0.6 is 0 Å². The van der Waals surface area contributed by atoms with Gasteiger partial charge in [-0.05, 0) is 18.8 Å². The highest BCUT2D eigenvalue weighted by Gasteiger charge is 2.34. The van der Waals surface area contributed by atoms with Crippen molar-refractivity contribution in [2.75, 3.05) is 0 Å². The van der Waals surface area contributed by atoms with Crippen molar-refractivity contribution in [2.24, 2.45) is 11.7 Å². The zero-order valence-electron chi connectivity index (χ0n) is 6.90. The molecular formula is C8H14F3N. The molecule has 1 aliphatic carbocycles. The Kier molecular flexibility index (Phi) is 2.99. The van der Waals surface area contributed by atoms with Gasteiger partial charge >= 0.3 is 6.18 Å². The molecule has 1 rings (SSSR count). The van der Waals surface area contributed by atoms with Crippen LogP contribution in [0.25, 0.3) is 0 Å². The summed E-state index contributed by atoms with van der Waals surface area (Å²) in [5.41, 5.74) is 5.45. The average Bonchev–Trinajstić information content (AvgIpc) is 2.32. The normalized spacial score (nSPS) is 23.0. The second kappa shape index (κ2) is 3.64. The first kappa shape index (κ1) is 9.84. The SMILES string of the molecule is NC(CC(F)(F)F)C1CCCC1. The van der Waals surface area contributed by atoms with Gasteiger partial charge in [0.15, 0.2) is 0 Å². The van der Waals surface area contributed by atoms with Gasteiger partial charge < -0.3 is 5.73 Å².